The van der Waals surface area contributed by atoms with Gasteiger partial charge in [0.25, 0.3) is 0 Å². The van der Waals surface area contributed by atoms with Crippen LogP contribution in [-0.4, -0.2) is 201 Å². The summed E-state index contributed by atoms with van der Waals surface area (Å²) in [5, 5.41) is 116. The molecule has 0 amide bonds. The summed E-state index contributed by atoms with van der Waals surface area (Å²) in [6, 6.07) is 0. The second-order valence-corrected chi connectivity index (χ2v) is 28.5. The number of hydrogen-bond donors (Lipinski definition) is 14. The standard InChI is InChI=1S/C21H44O3.C12H26O2.C12H26.C7H12O4.C7H12O2.C6H14O2.C6H14.2C4H10O2.2C4H10.C2H6O2.C2H6/c1-2-3-4-5-6-7-8-9-10-11-12-13-14-15-16-17-18-24-20-21(23)19-22;13-11-9-7-5-3-1-2-4-6-8-10-12-14;1-3-5-7-9-11-12-10-8-6-4-2;1-5(2)7(10)11-4-6(9)3-8;1-4-5-9-7(8)6(2)3;7-5-3-1-2-4-6-8;1-3-5-6-4-2;1-4(2-5)3-6;5-3-1-2-4-6;1-4(2)3;1-3-4-2;3-1-2-4;1-2/h21-23H,2-20H2,1H3;13-14H,1-12H2;3-12H2,1-2H3;6,8-9H,1,3-4H2,2H3;2,4-5H2,1,3H3;7-8H,1-6H2;3-6H2,1-2H3;4-6H,2-3H2,1H3;5-6H,1-4H2;4H,1-3H3;3-4H2,1-2H3;3-4H,1-2H2;1-2H3. The summed E-state index contributed by atoms with van der Waals surface area (Å²) in [6.07, 6.45) is 61.1. The molecule has 14 N–H and O–H groups in total. The molecule has 19 nitrogen and oxygen atoms in total. The molecule has 0 bridgehead atoms. The van der Waals surface area contributed by atoms with Gasteiger partial charge in [-0.2, -0.15) is 0 Å². The van der Waals surface area contributed by atoms with Crippen LogP contribution < -0.4 is 0 Å². The largest absolute Gasteiger partial charge is 0.462 e. The van der Waals surface area contributed by atoms with Crippen molar-refractivity contribution in [3.05, 3.63) is 24.3 Å². The molecule has 0 spiro atoms. The minimum atomic E-state index is -1.00. The van der Waals surface area contributed by atoms with Gasteiger partial charge in [0.2, 0.25) is 0 Å². The maximum Gasteiger partial charge on any atom is 0.333 e. The number of aliphatic hydroxyl groups is 14. The molecule has 0 saturated carbocycles. The Balaban J connectivity index is -0.0000000884. The quantitative estimate of drug-likeness (QED) is 0.0153. The van der Waals surface area contributed by atoms with Crippen molar-refractivity contribution in [3.8, 4) is 0 Å². The molecule has 0 fully saturated rings. The van der Waals surface area contributed by atoms with E-state index in [-0.39, 0.29) is 90.1 Å². The maximum atomic E-state index is 10.6. The second-order valence-electron chi connectivity index (χ2n) is 28.5. The van der Waals surface area contributed by atoms with Crippen LogP contribution in [0.4, 0.5) is 0 Å². The number of ether oxygens (including phenoxy) is 3. The highest BCUT2D eigenvalue weighted by Gasteiger charge is 2.08. The topological polar surface area (TPSA) is 345 Å². The molecule has 2 unspecified atom stereocenters. The number of unbranched alkanes of at least 4 members (excludes halogenated alkanes) is 41. The highest BCUT2D eigenvalue weighted by molar-refractivity contribution is 5.87. The summed E-state index contributed by atoms with van der Waals surface area (Å²) in [4.78, 5) is 21.2. The van der Waals surface area contributed by atoms with Crippen molar-refractivity contribution in [2.24, 2.45) is 11.8 Å². The summed E-state index contributed by atoms with van der Waals surface area (Å²) < 4.78 is 14.5. The molecule has 0 heterocycles. The fourth-order valence-corrected chi connectivity index (χ4v) is 8.25. The molecule has 0 aliphatic heterocycles. The smallest absolute Gasteiger partial charge is 0.333 e. The molecule has 0 aliphatic rings. The fourth-order valence-electron chi connectivity index (χ4n) is 8.25. The Bertz CT molecular complexity index is 1390. The van der Waals surface area contributed by atoms with Gasteiger partial charge in [-0.3, -0.25) is 0 Å². The lowest BCUT2D eigenvalue weighted by molar-refractivity contribution is -0.142. The molecular weight excluding hydrogens is 1400 g/mol. The first-order valence-corrected chi connectivity index (χ1v) is 44.9. The van der Waals surface area contributed by atoms with Gasteiger partial charge in [-0.1, -0.05) is 373 Å². The molecule has 0 aromatic heterocycles. The predicted molar refractivity (Wildman–Crippen MR) is 472 cm³/mol. The Hall–Kier alpha value is -2.18. The van der Waals surface area contributed by atoms with Crippen LogP contribution in [0.5, 0.6) is 0 Å². The third kappa shape index (κ3) is 202. The van der Waals surface area contributed by atoms with Crippen LogP contribution in [0.25, 0.3) is 0 Å². The van der Waals surface area contributed by atoms with E-state index in [0.29, 0.717) is 32.0 Å². The van der Waals surface area contributed by atoms with E-state index >= 15 is 0 Å². The third-order valence-corrected chi connectivity index (χ3v) is 15.3. The zero-order valence-corrected chi connectivity index (χ0v) is 76.0. The van der Waals surface area contributed by atoms with Gasteiger partial charge in [0.1, 0.15) is 18.8 Å². The first-order valence-electron chi connectivity index (χ1n) is 44.9. The van der Waals surface area contributed by atoms with Gasteiger partial charge in [-0.05, 0) is 71.1 Å². The van der Waals surface area contributed by atoms with Crippen molar-refractivity contribution < 1.29 is 95.3 Å². The van der Waals surface area contributed by atoms with Crippen LogP contribution in [0.2, 0.25) is 0 Å². The molecule has 0 radical (unpaired) electrons. The van der Waals surface area contributed by atoms with Crippen LogP contribution in [-0.2, 0) is 23.8 Å². The average molecular weight is 1600 g/mol. The maximum absolute atomic E-state index is 10.6. The average Bonchev–Trinajstić information content (AvgIpc) is 1.02. The number of carbonyl (C=O) groups is 2. The molecule has 2 atom stereocenters. The van der Waals surface area contributed by atoms with Gasteiger partial charge in [0, 0.05) is 76.5 Å². The minimum absolute atomic E-state index is 0.0463. The monoisotopic (exact) mass is 1600 g/mol. The summed E-state index contributed by atoms with van der Waals surface area (Å²) in [5.74, 6) is 0.0272. The molecule has 678 valence electrons. The highest BCUT2D eigenvalue weighted by atomic mass is 16.5. The van der Waals surface area contributed by atoms with Crippen LogP contribution in [0.15, 0.2) is 24.3 Å². The number of aliphatic hydroxyl groups excluding tert-OH is 14. The first-order chi connectivity index (χ1) is 53.0. The zero-order valence-electron chi connectivity index (χ0n) is 76.0. The van der Waals surface area contributed by atoms with Gasteiger partial charge in [-0.15, -0.1) is 0 Å². The third-order valence-electron chi connectivity index (χ3n) is 15.3. The lowest BCUT2D eigenvalue weighted by Crippen LogP contribution is -2.22. The van der Waals surface area contributed by atoms with Crippen molar-refractivity contribution in [1.29, 1.82) is 0 Å². The Morgan fingerprint density at radius 2 is 0.464 bits per heavy atom. The Kier molecular flexibility index (Phi) is 184. The van der Waals surface area contributed by atoms with Gasteiger partial charge >= 0.3 is 11.9 Å². The van der Waals surface area contributed by atoms with Crippen LogP contribution >= 0.6 is 0 Å². The van der Waals surface area contributed by atoms with Crippen molar-refractivity contribution in [3.63, 3.8) is 0 Å². The normalized spacial score (nSPS) is 10.4. The van der Waals surface area contributed by atoms with Crippen LogP contribution in [0.1, 0.15) is 425 Å². The lowest BCUT2D eigenvalue weighted by atomic mass is 10.0. The molecule has 0 rings (SSSR count). The summed E-state index contributed by atoms with van der Waals surface area (Å²) in [6.45, 7) is 42.0. The summed E-state index contributed by atoms with van der Waals surface area (Å²) >= 11 is 0. The summed E-state index contributed by atoms with van der Waals surface area (Å²) in [5.41, 5.74) is 0.735. The van der Waals surface area contributed by atoms with E-state index < -0.39 is 24.8 Å². The van der Waals surface area contributed by atoms with Gasteiger partial charge in [0.05, 0.1) is 39.6 Å². The van der Waals surface area contributed by atoms with Crippen molar-refractivity contribution in [2.45, 2.75) is 438 Å². The van der Waals surface area contributed by atoms with E-state index in [4.69, 9.17) is 81.0 Å². The van der Waals surface area contributed by atoms with Crippen molar-refractivity contribution in [1.82, 2.24) is 0 Å². The number of esters is 2. The molecule has 0 aromatic carbocycles. The molecule has 0 saturated heterocycles. The Morgan fingerprint density at radius 1 is 0.264 bits per heavy atom. The summed E-state index contributed by atoms with van der Waals surface area (Å²) in [7, 11) is 0. The van der Waals surface area contributed by atoms with E-state index in [0.717, 1.165) is 70.1 Å². The van der Waals surface area contributed by atoms with Gasteiger partial charge < -0.3 is 85.7 Å². The SMILES string of the molecule is C=C(C)C(=O)OCC(O)CO.C=C(C)C(=O)OCCC.CC.CC(C)C.CC(CO)CO.CCCC.CCCCCC.CCCCCCCCCCCC.CCCCCCCCCCCCCCCCCCOCC(O)CO.OCCCCCCCCCCCCO.OCCCCCCO.OCCCCO.OCCO. The first kappa shape index (κ1) is 137. The van der Waals surface area contributed by atoms with Gasteiger partial charge in [0.15, 0.2) is 0 Å². The predicted octanol–water partition coefficient (Wildman–Crippen LogP) is 20.3. The van der Waals surface area contributed by atoms with Crippen LogP contribution in [0.3, 0.4) is 0 Å². The number of carbonyl (C=O) groups excluding carboxylic acids is 2. The van der Waals surface area contributed by atoms with E-state index in [9.17, 15) is 9.59 Å². The minimum Gasteiger partial charge on any atom is -0.462 e. The molecular formula is C91H200O19. The van der Waals surface area contributed by atoms with Crippen molar-refractivity contribution in [2.75, 3.05) is 106 Å². The van der Waals surface area contributed by atoms with Crippen LogP contribution in [0, 0.1) is 11.8 Å². The van der Waals surface area contributed by atoms with Crippen molar-refractivity contribution >= 4 is 11.9 Å². The zero-order chi connectivity index (χ0) is 86.7. The molecule has 19 heteroatoms. The van der Waals surface area contributed by atoms with E-state index in [1.807, 2.05) is 20.8 Å². The number of rotatable bonds is 62. The van der Waals surface area contributed by atoms with Gasteiger partial charge in [-0.25, -0.2) is 9.59 Å². The van der Waals surface area contributed by atoms with E-state index in [1.54, 1.807) is 13.8 Å². The molecule has 110 heavy (non-hydrogen) atoms. The fraction of sp³-hybridized carbons (Fsp3) is 0.934. The lowest BCUT2D eigenvalue weighted by Gasteiger charge is -2.08. The Labute approximate surface area is 683 Å². The highest BCUT2D eigenvalue weighted by Crippen LogP contribution is 2.15. The number of hydrogen-bond acceptors (Lipinski definition) is 19. The molecule has 0 aromatic rings. The Morgan fingerprint density at radius 3 is 0.645 bits per heavy atom. The second kappa shape index (κ2) is 148. The van der Waals surface area contributed by atoms with E-state index in [2.05, 4.69) is 87.1 Å². The molecule has 0 aliphatic carbocycles. The van der Waals surface area contributed by atoms with E-state index in [1.165, 1.54) is 257 Å².